The van der Waals surface area contributed by atoms with Gasteiger partial charge in [-0.1, -0.05) is 38.1 Å². The van der Waals surface area contributed by atoms with Crippen molar-refractivity contribution in [2.24, 2.45) is 5.73 Å². The maximum atomic E-state index is 6.47. The second-order valence-corrected chi connectivity index (χ2v) is 5.63. The van der Waals surface area contributed by atoms with Crippen LogP contribution in [-0.4, -0.2) is 25.4 Å². The van der Waals surface area contributed by atoms with E-state index in [1.807, 2.05) is 0 Å². The van der Waals surface area contributed by atoms with E-state index in [9.17, 15) is 0 Å². The molecule has 1 aromatic carbocycles. The molecule has 0 radical (unpaired) electrons. The number of hydrogen-bond donors (Lipinski definition) is 1. The molecule has 0 aromatic heterocycles. The third-order valence-electron chi connectivity index (χ3n) is 4.84. The highest BCUT2D eigenvalue weighted by Gasteiger charge is 2.36. The van der Waals surface area contributed by atoms with E-state index in [-0.39, 0.29) is 17.7 Å². The fraction of sp³-hybridized carbons (Fsp3) is 0.647. The first-order valence-corrected chi connectivity index (χ1v) is 7.67. The van der Waals surface area contributed by atoms with Gasteiger partial charge >= 0.3 is 0 Å². The van der Waals surface area contributed by atoms with Crippen molar-refractivity contribution in [1.29, 1.82) is 0 Å². The Morgan fingerprint density at radius 2 is 2.05 bits per heavy atom. The number of benzene rings is 1. The van der Waals surface area contributed by atoms with Crippen LogP contribution >= 0.6 is 0 Å². The Morgan fingerprint density at radius 3 is 2.70 bits per heavy atom. The summed E-state index contributed by atoms with van der Waals surface area (Å²) in [5.74, 6) is 0. The molecule has 1 aromatic rings. The largest absolute Gasteiger partial charge is 0.377 e. The number of methoxy groups -OCH3 is 1. The maximum absolute atomic E-state index is 6.47. The molecule has 3 heteroatoms. The van der Waals surface area contributed by atoms with Crippen molar-refractivity contribution >= 4 is 0 Å². The van der Waals surface area contributed by atoms with E-state index in [0.717, 1.165) is 32.3 Å². The number of ether oxygens (including phenoxy) is 2. The van der Waals surface area contributed by atoms with Crippen LogP contribution in [0.25, 0.3) is 0 Å². The average molecular weight is 277 g/mol. The molecule has 2 unspecified atom stereocenters. The topological polar surface area (TPSA) is 44.5 Å². The molecule has 0 fully saturated rings. The zero-order chi connectivity index (χ0) is 14.6. The molecule has 2 rings (SSSR count). The Morgan fingerprint density at radius 1 is 1.35 bits per heavy atom. The Labute approximate surface area is 122 Å². The van der Waals surface area contributed by atoms with Crippen molar-refractivity contribution in [3.63, 3.8) is 0 Å². The first-order valence-electron chi connectivity index (χ1n) is 7.67. The minimum atomic E-state index is -0.240. The van der Waals surface area contributed by atoms with Crippen LogP contribution in [0.15, 0.2) is 24.3 Å². The van der Waals surface area contributed by atoms with E-state index in [1.54, 1.807) is 7.11 Å². The third-order valence-corrected chi connectivity index (χ3v) is 4.84. The van der Waals surface area contributed by atoms with Crippen LogP contribution in [0, 0.1) is 0 Å². The van der Waals surface area contributed by atoms with Gasteiger partial charge in [0, 0.05) is 13.2 Å². The SMILES string of the molecule is CCC(CC)(OC)C(N)CC1OCCc2ccccc21. The Kier molecular flexibility index (Phi) is 5.19. The van der Waals surface area contributed by atoms with Crippen molar-refractivity contribution in [1.82, 2.24) is 0 Å². The highest BCUT2D eigenvalue weighted by atomic mass is 16.5. The first kappa shape index (κ1) is 15.5. The second-order valence-electron chi connectivity index (χ2n) is 5.63. The molecule has 0 aliphatic carbocycles. The zero-order valence-corrected chi connectivity index (χ0v) is 12.9. The van der Waals surface area contributed by atoms with Gasteiger partial charge in [-0.3, -0.25) is 0 Å². The lowest BCUT2D eigenvalue weighted by molar-refractivity contribution is -0.0579. The lowest BCUT2D eigenvalue weighted by Gasteiger charge is -2.38. The molecule has 0 bridgehead atoms. The van der Waals surface area contributed by atoms with Crippen molar-refractivity contribution in [2.45, 2.75) is 57.3 Å². The molecular weight excluding hydrogens is 250 g/mol. The molecule has 3 nitrogen and oxygen atoms in total. The summed E-state index contributed by atoms with van der Waals surface area (Å²) in [5, 5.41) is 0. The highest BCUT2D eigenvalue weighted by molar-refractivity contribution is 5.31. The smallest absolute Gasteiger partial charge is 0.0843 e. The molecule has 2 N–H and O–H groups in total. The van der Waals surface area contributed by atoms with Gasteiger partial charge < -0.3 is 15.2 Å². The average Bonchev–Trinajstić information content (AvgIpc) is 2.50. The van der Waals surface area contributed by atoms with Crippen LogP contribution in [0.1, 0.15) is 50.3 Å². The normalized spacial score (nSPS) is 20.5. The summed E-state index contributed by atoms with van der Waals surface area (Å²) >= 11 is 0. The van der Waals surface area contributed by atoms with Gasteiger partial charge in [0.25, 0.3) is 0 Å². The molecule has 0 amide bonds. The summed E-state index contributed by atoms with van der Waals surface area (Å²) in [5.41, 5.74) is 8.92. The molecule has 0 saturated carbocycles. The van der Waals surface area contributed by atoms with Crippen LogP contribution in [0.2, 0.25) is 0 Å². The predicted molar refractivity (Wildman–Crippen MR) is 81.8 cm³/mol. The first-order chi connectivity index (χ1) is 9.66. The van der Waals surface area contributed by atoms with Gasteiger partial charge in [-0.2, -0.15) is 0 Å². The van der Waals surface area contributed by atoms with Gasteiger partial charge in [0.05, 0.1) is 18.3 Å². The molecule has 1 heterocycles. The number of nitrogens with two attached hydrogens (primary N) is 1. The van der Waals surface area contributed by atoms with Gasteiger partial charge in [-0.25, -0.2) is 0 Å². The van der Waals surface area contributed by atoms with Crippen LogP contribution in [0.4, 0.5) is 0 Å². The zero-order valence-electron chi connectivity index (χ0n) is 12.9. The van der Waals surface area contributed by atoms with E-state index in [4.69, 9.17) is 15.2 Å². The van der Waals surface area contributed by atoms with Crippen molar-refractivity contribution in [2.75, 3.05) is 13.7 Å². The van der Waals surface area contributed by atoms with E-state index >= 15 is 0 Å². The lowest BCUT2D eigenvalue weighted by atomic mass is 9.83. The molecule has 2 atom stereocenters. The molecule has 0 spiro atoms. The number of fused-ring (bicyclic) bond motifs is 1. The number of hydrogen-bond acceptors (Lipinski definition) is 3. The Hall–Kier alpha value is -0.900. The van der Waals surface area contributed by atoms with E-state index in [1.165, 1.54) is 11.1 Å². The molecule has 1 aliphatic rings. The quantitative estimate of drug-likeness (QED) is 0.868. The standard InChI is InChI=1S/C17H27NO2/c1-4-17(5-2,19-3)16(18)12-15-14-9-7-6-8-13(14)10-11-20-15/h6-9,15-16H,4-5,10-12,18H2,1-3H3. The van der Waals surface area contributed by atoms with Gasteiger partial charge in [-0.15, -0.1) is 0 Å². The fourth-order valence-corrected chi connectivity index (χ4v) is 3.33. The fourth-order valence-electron chi connectivity index (χ4n) is 3.33. The van der Waals surface area contributed by atoms with E-state index in [2.05, 4.69) is 38.1 Å². The minimum absolute atomic E-state index is 0.0151. The Balaban J connectivity index is 2.15. The lowest BCUT2D eigenvalue weighted by Crippen LogP contribution is -2.49. The molecule has 20 heavy (non-hydrogen) atoms. The van der Waals surface area contributed by atoms with E-state index < -0.39 is 0 Å². The summed E-state index contributed by atoms with van der Waals surface area (Å²) in [6.07, 6.45) is 3.76. The minimum Gasteiger partial charge on any atom is -0.377 e. The summed E-state index contributed by atoms with van der Waals surface area (Å²) in [4.78, 5) is 0. The van der Waals surface area contributed by atoms with Crippen molar-refractivity contribution in [3.8, 4) is 0 Å². The molecule has 112 valence electrons. The highest BCUT2D eigenvalue weighted by Crippen LogP contribution is 2.34. The van der Waals surface area contributed by atoms with Crippen LogP contribution in [0.5, 0.6) is 0 Å². The monoisotopic (exact) mass is 277 g/mol. The van der Waals surface area contributed by atoms with Crippen molar-refractivity contribution < 1.29 is 9.47 Å². The van der Waals surface area contributed by atoms with Gasteiger partial charge in [0.2, 0.25) is 0 Å². The molecule has 1 aliphatic heterocycles. The van der Waals surface area contributed by atoms with Gasteiger partial charge in [0.1, 0.15) is 0 Å². The summed E-state index contributed by atoms with van der Waals surface area (Å²) in [6.45, 7) is 5.07. The van der Waals surface area contributed by atoms with Crippen LogP contribution in [0.3, 0.4) is 0 Å². The van der Waals surface area contributed by atoms with Crippen molar-refractivity contribution in [3.05, 3.63) is 35.4 Å². The molecule has 0 saturated heterocycles. The summed E-state index contributed by atoms with van der Waals surface area (Å²) in [7, 11) is 1.77. The summed E-state index contributed by atoms with van der Waals surface area (Å²) < 4.78 is 11.7. The van der Waals surface area contributed by atoms with Crippen LogP contribution in [-0.2, 0) is 15.9 Å². The van der Waals surface area contributed by atoms with Crippen LogP contribution < -0.4 is 5.73 Å². The predicted octanol–water partition coefficient (Wildman–Crippen LogP) is 3.22. The third kappa shape index (κ3) is 2.90. The Bertz CT molecular complexity index is 420. The van der Waals surface area contributed by atoms with E-state index in [0.29, 0.717) is 0 Å². The molecular formula is C17H27NO2. The van der Waals surface area contributed by atoms with Gasteiger partial charge in [-0.05, 0) is 36.8 Å². The second kappa shape index (κ2) is 6.70. The number of rotatable bonds is 6. The maximum Gasteiger partial charge on any atom is 0.0843 e. The summed E-state index contributed by atoms with van der Waals surface area (Å²) in [6, 6.07) is 8.52. The van der Waals surface area contributed by atoms with Gasteiger partial charge in [0.15, 0.2) is 0 Å².